The lowest BCUT2D eigenvalue weighted by atomic mass is 9.37. The van der Waals surface area contributed by atoms with Crippen molar-refractivity contribution in [2.45, 2.75) is 260 Å². The monoisotopic (exact) mass is 1140 g/mol. The van der Waals surface area contributed by atoms with Gasteiger partial charge in [-0.3, -0.25) is 0 Å². The molecule has 4 aliphatic heterocycles. The molecule has 0 bridgehead atoms. The molecule has 0 aromatic rings. The van der Waals surface area contributed by atoms with Crippen LogP contribution < -0.4 is 0 Å². The van der Waals surface area contributed by atoms with Crippen LogP contribution in [0, 0.1) is 45.3 Å². The number of hydrogen-bond donors (Lipinski definition) is 16. The largest absolute Gasteiger partial charge is 0.394 e. The second-order valence-corrected chi connectivity index (χ2v) is 26.0. The lowest BCUT2D eigenvalue weighted by Gasteiger charge is -2.68. The van der Waals surface area contributed by atoms with Crippen LogP contribution in [0.2, 0.25) is 0 Å². The van der Waals surface area contributed by atoms with Gasteiger partial charge in [-0.15, -0.1) is 0 Å². The van der Waals surface area contributed by atoms with Crippen molar-refractivity contribution in [2.24, 2.45) is 45.3 Å². The van der Waals surface area contributed by atoms with Gasteiger partial charge in [-0.25, -0.2) is 0 Å². The first kappa shape index (κ1) is 63.8. The molecule has 0 spiro atoms. The second-order valence-electron chi connectivity index (χ2n) is 26.0. The lowest BCUT2D eigenvalue weighted by Crippen LogP contribution is -2.65. The Balaban J connectivity index is 0.999. The van der Waals surface area contributed by atoms with E-state index in [1.807, 2.05) is 0 Å². The summed E-state index contributed by atoms with van der Waals surface area (Å²) in [6.07, 6.45) is -26.7. The zero-order valence-corrected chi connectivity index (χ0v) is 46.8. The topological polar surface area (TPSA) is 398 Å². The van der Waals surface area contributed by atoms with Gasteiger partial charge in [0.2, 0.25) is 0 Å². The fourth-order valence-electron chi connectivity index (χ4n) is 16.2. The number of ether oxygens (including phenoxy) is 8. The SMILES string of the molecule is CC[C@@]12CCC([C@H](C)CC[C@@H](O[C@@H]3O[C@H](CO[C@@H]4O[C@H](CO)[C@@H](O)[C@H](O)[C@H]4O)[C@@H](O)[C@H](O)[C@H]3O[C@@H]3O[C@H](CO)[C@@H](O)[C@H](O)[C@H]3O)C(C)(C)O)[C@@]1(C)C[C@@H](O)[C@@]1(C)C3CC[C@H](O[C@@H]4O[C@H](CO)[C@@H](O)[C@H](O)[C@H]4O)C(C)(C)C3=CCC12. The number of hydrogen-bond acceptors (Lipinski definition) is 24. The molecule has 0 aromatic heterocycles. The first-order valence-corrected chi connectivity index (χ1v) is 28.6. The van der Waals surface area contributed by atoms with Gasteiger partial charge in [-0.2, -0.15) is 0 Å². The molecular formula is C55H94O24. The highest BCUT2D eigenvalue weighted by molar-refractivity contribution is 5.32. The molecule has 0 aromatic carbocycles. The minimum absolute atomic E-state index is 0.00704. The Morgan fingerprint density at radius 3 is 1.66 bits per heavy atom. The van der Waals surface area contributed by atoms with E-state index < -0.39 is 184 Å². The van der Waals surface area contributed by atoms with Crippen LogP contribution >= 0.6 is 0 Å². The van der Waals surface area contributed by atoms with E-state index in [4.69, 9.17) is 37.9 Å². The van der Waals surface area contributed by atoms with Crippen molar-refractivity contribution in [2.75, 3.05) is 26.4 Å². The fraction of sp³-hybridized carbons (Fsp3) is 0.964. The minimum atomic E-state index is -1.93. The lowest BCUT2D eigenvalue weighted by molar-refractivity contribution is -0.380. The van der Waals surface area contributed by atoms with E-state index in [2.05, 4.69) is 47.6 Å². The molecule has 16 N–H and O–H groups in total. The highest BCUT2D eigenvalue weighted by Crippen LogP contribution is 2.76. The number of allylic oxidation sites excluding steroid dienone is 1. The maximum Gasteiger partial charge on any atom is 0.187 e. The Labute approximate surface area is 461 Å². The second kappa shape index (κ2) is 24.3. The predicted molar refractivity (Wildman–Crippen MR) is 272 cm³/mol. The first-order valence-electron chi connectivity index (χ1n) is 28.6. The molecule has 24 nitrogen and oxygen atoms in total. The van der Waals surface area contributed by atoms with Gasteiger partial charge in [0.05, 0.1) is 50.3 Å². The molecule has 3 unspecified atom stereocenters. The summed E-state index contributed by atoms with van der Waals surface area (Å²) in [7, 11) is 0. The van der Waals surface area contributed by atoms with E-state index in [-0.39, 0.29) is 40.9 Å². The van der Waals surface area contributed by atoms with Crippen molar-refractivity contribution < 1.29 is 120 Å². The standard InChI is InChI=1S/C55H94O24/c1-9-55-17-16-24(53(55,7)18-32(59)54(8)26-12-15-33(51(3,4)25(26)11-13-31(54)55)77-48-44(69)40(65)36(61)28(20-57)74-48)23(2)10-14-34(52(5,6)71)78-50-46(79-49-45(70)41(66)37(62)29(21-58)75-49)42(67)38(63)30(76-50)22-72-47-43(68)39(64)35(60)27(19-56)73-47/h11,23-24,26-50,56-71H,9-10,12-22H2,1-8H3/t23-,24?,26?,27-,28-,29-,30-,31?,32-,33+,34-,35-,36-,37-,38-,39+,40+,41+,42+,43-,44-,45-,46-,47-,48+,49+,50+,53-,54+,55+/m1/s1. The van der Waals surface area contributed by atoms with Crippen LogP contribution in [0.1, 0.15) is 113 Å². The van der Waals surface area contributed by atoms with Crippen LogP contribution in [-0.4, -0.2) is 255 Å². The van der Waals surface area contributed by atoms with Gasteiger partial charge >= 0.3 is 0 Å². The minimum Gasteiger partial charge on any atom is -0.394 e. The molecule has 4 saturated heterocycles. The number of aliphatic hydroxyl groups excluding tert-OH is 15. The summed E-state index contributed by atoms with van der Waals surface area (Å²) in [4.78, 5) is 0. The summed E-state index contributed by atoms with van der Waals surface area (Å²) in [5.41, 5.74) is -2.01. The Kier molecular flexibility index (Phi) is 19.6. The molecule has 458 valence electrons. The highest BCUT2D eigenvalue weighted by atomic mass is 16.8. The molecular weight excluding hydrogens is 1040 g/mol. The van der Waals surface area contributed by atoms with Crippen LogP contribution in [0.25, 0.3) is 0 Å². The summed E-state index contributed by atoms with van der Waals surface area (Å²) in [5, 5.41) is 173. The number of rotatable bonds is 18. The van der Waals surface area contributed by atoms with Crippen LogP contribution in [-0.2, 0) is 37.9 Å². The van der Waals surface area contributed by atoms with E-state index in [1.165, 1.54) is 19.4 Å². The third kappa shape index (κ3) is 11.2. The number of fused-ring (bicyclic) bond motifs is 5. The summed E-state index contributed by atoms with van der Waals surface area (Å²) < 4.78 is 47.8. The fourth-order valence-corrected chi connectivity index (χ4v) is 16.2. The Morgan fingerprint density at radius 1 is 0.620 bits per heavy atom. The zero-order valence-electron chi connectivity index (χ0n) is 46.8. The Bertz CT molecular complexity index is 2040. The van der Waals surface area contributed by atoms with Gasteiger partial charge in [0, 0.05) is 10.8 Å². The molecule has 4 heterocycles. The highest BCUT2D eigenvalue weighted by Gasteiger charge is 2.71. The van der Waals surface area contributed by atoms with Crippen LogP contribution in [0.5, 0.6) is 0 Å². The van der Waals surface area contributed by atoms with E-state index in [0.29, 0.717) is 25.7 Å². The molecule has 0 amide bonds. The van der Waals surface area contributed by atoms with Crippen molar-refractivity contribution in [1.82, 2.24) is 0 Å². The summed E-state index contributed by atoms with van der Waals surface area (Å²) in [6.45, 7) is 13.5. The van der Waals surface area contributed by atoms with Crippen molar-refractivity contribution in [3.63, 3.8) is 0 Å². The van der Waals surface area contributed by atoms with Crippen molar-refractivity contribution >= 4 is 0 Å². The molecule has 3 saturated carbocycles. The maximum absolute atomic E-state index is 12.8. The average Bonchev–Trinajstić information content (AvgIpc) is 3.73. The summed E-state index contributed by atoms with van der Waals surface area (Å²) >= 11 is 0. The van der Waals surface area contributed by atoms with E-state index in [9.17, 15) is 81.7 Å². The van der Waals surface area contributed by atoms with Gasteiger partial charge in [-0.05, 0) is 106 Å². The van der Waals surface area contributed by atoms with Crippen LogP contribution in [0.3, 0.4) is 0 Å². The van der Waals surface area contributed by atoms with Gasteiger partial charge in [0.25, 0.3) is 0 Å². The average molecular weight is 1140 g/mol. The zero-order chi connectivity index (χ0) is 58.2. The van der Waals surface area contributed by atoms with Crippen molar-refractivity contribution in [3.8, 4) is 0 Å². The molecule has 8 aliphatic rings. The van der Waals surface area contributed by atoms with Crippen LogP contribution in [0.4, 0.5) is 0 Å². The molecule has 79 heavy (non-hydrogen) atoms. The molecule has 4 aliphatic carbocycles. The van der Waals surface area contributed by atoms with E-state index in [1.54, 1.807) is 0 Å². The predicted octanol–water partition coefficient (Wildman–Crippen LogP) is -2.84. The van der Waals surface area contributed by atoms with E-state index in [0.717, 1.165) is 25.7 Å². The summed E-state index contributed by atoms with van der Waals surface area (Å²) in [5.74, 6) is 0.244. The van der Waals surface area contributed by atoms with Crippen molar-refractivity contribution in [1.29, 1.82) is 0 Å². The third-order valence-electron chi connectivity index (χ3n) is 21.1. The Hall–Kier alpha value is -1.22. The van der Waals surface area contributed by atoms with E-state index >= 15 is 0 Å². The first-order chi connectivity index (χ1) is 37.0. The molecule has 0 radical (unpaired) electrons. The van der Waals surface area contributed by atoms with Gasteiger partial charge in [0.15, 0.2) is 25.2 Å². The van der Waals surface area contributed by atoms with Gasteiger partial charge in [0.1, 0.15) is 97.7 Å². The van der Waals surface area contributed by atoms with Gasteiger partial charge < -0.3 is 120 Å². The molecule has 7 fully saturated rings. The van der Waals surface area contributed by atoms with Gasteiger partial charge in [-0.1, -0.05) is 53.2 Å². The van der Waals surface area contributed by atoms with Crippen molar-refractivity contribution in [3.05, 3.63) is 11.6 Å². The smallest absolute Gasteiger partial charge is 0.187 e. The third-order valence-corrected chi connectivity index (χ3v) is 21.1. The van der Waals surface area contributed by atoms with Crippen LogP contribution in [0.15, 0.2) is 11.6 Å². The molecule has 8 rings (SSSR count). The quantitative estimate of drug-likeness (QED) is 0.0615. The summed E-state index contributed by atoms with van der Waals surface area (Å²) in [6, 6.07) is 0. The molecule has 30 atom stereocenters. The number of aliphatic hydroxyl groups is 16. The Morgan fingerprint density at radius 2 is 1.13 bits per heavy atom. The molecule has 24 heteroatoms. The maximum atomic E-state index is 12.8. The normalized spacial score (nSPS) is 50.9.